The van der Waals surface area contributed by atoms with E-state index in [1.165, 1.54) is 24.8 Å². The van der Waals surface area contributed by atoms with Gasteiger partial charge in [-0.15, -0.1) is 0 Å². The molecule has 1 aromatic carbocycles. The van der Waals surface area contributed by atoms with Crippen molar-refractivity contribution in [2.75, 3.05) is 27.4 Å². The van der Waals surface area contributed by atoms with Crippen LogP contribution < -0.4 is 14.8 Å². The maximum atomic E-state index is 5.91. The summed E-state index contributed by atoms with van der Waals surface area (Å²) in [6.07, 6.45) is 3.58. The van der Waals surface area contributed by atoms with Crippen LogP contribution in [-0.2, 0) is 11.3 Å². The van der Waals surface area contributed by atoms with E-state index in [0.717, 1.165) is 43.0 Å². The molecule has 1 N–H and O–H groups in total. The average molecular weight is 364 g/mol. The summed E-state index contributed by atoms with van der Waals surface area (Å²) in [5.41, 5.74) is 1.25. The van der Waals surface area contributed by atoms with E-state index in [9.17, 15) is 0 Å². The van der Waals surface area contributed by atoms with Crippen LogP contribution in [0.4, 0.5) is 0 Å². The van der Waals surface area contributed by atoms with Crippen molar-refractivity contribution in [3.05, 3.63) is 23.8 Å². The second-order valence-corrected chi connectivity index (χ2v) is 8.42. The number of methoxy groups -OCH3 is 2. The molecule has 0 amide bonds. The van der Waals surface area contributed by atoms with Gasteiger partial charge in [0.25, 0.3) is 0 Å². The minimum Gasteiger partial charge on any atom is -0.493 e. The van der Waals surface area contributed by atoms with Gasteiger partial charge in [0.2, 0.25) is 0 Å². The molecule has 4 heteroatoms. The number of hydrogen-bond donors (Lipinski definition) is 1. The van der Waals surface area contributed by atoms with Gasteiger partial charge >= 0.3 is 0 Å². The molecule has 0 bridgehead atoms. The van der Waals surface area contributed by atoms with Crippen LogP contribution in [-0.4, -0.2) is 33.0 Å². The Bertz CT molecular complexity index is 556. The maximum Gasteiger partial charge on any atom is 0.161 e. The molecule has 1 aromatic rings. The summed E-state index contributed by atoms with van der Waals surface area (Å²) in [6, 6.07) is 6.11. The van der Waals surface area contributed by atoms with E-state index < -0.39 is 0 Å². The number of benzene rings is 1. The van der Waals surface area contributed by atoms with Gasteiger partial charge in [-0.3, -0.25) is 0 Å². The zero-order valence-electron chi connectivity index (χ0n) is 17.4. The fraction of sp³-hybridized carbons (Fsp3) is 0.727. The lowest BCUT2D eigenvalue weighted by Crippen LogP contribution is -2.38. The zero-order chi connectivity index (χ0) is 19.2. The van der Waals surface area contributed by atoms with Gasteiger partial charge in [-0.25, -0.2) is 0 Å². The van der Waals surface area contributed by atoms with Gasteiger partial charge in [0.1, 0.15) is 0 Å². The largest absolute Gasteiger partial charge is 0.493 e. The fourth-order valence-corrected chi connectivity index (χ4v) is 4.25. The number of rotatable bonds is 9. The van der Waals surface area contributed by atoms with Crippen LogP contribution in [0.3, 0.4) is 0 Å². The van der Waals surface area contributed by atoms with Crippen molar-refractivity contribution in [3.63, 3.8) is 0 Å². The van der Waals surface area contributed by atoms with Crippen molar-refractivity contribution in [2.45, 2.75) is 59.1 Å². The van der Waals surface area contributed by atoms with Crippen molar-refractivity contribution < 1.29 is 14.2 Å². The number of hydrogen-bond acceptors (Lipinski definition) is 4. The lowest BCUT2D eigenvalue weighted by molar-refractivity contribution is -0.0867. The predicted molar refractivity (Wildman–Crippen MR) is 107 cm³/mol. The summed E-state index contributed by atoms with van der Waals surface area (Å²) in [4.78, 5) is 0. The van der Waals surface area contributed by atoms with E-state index in [2.05, 4.69) is 39.1 Å². The van der Waals surface area contributed by atoms with Crippen LogP contribution in [0.2, 0.25) is 0 Å². The summed E-state index contributed by atoms with van der Waals surface area (Å²) in [7, 11) is 3.34. The summed E-state index contributed by atoms with van der Waals surface area (Å²) in [6.45, 7) is 12.0. The molecule has 1 saturated heterocycles. The molecule has 0 aromatic heterocycles. The smallest absolute Gasteiger partial charge is 0.161 e. The van der Waals surface area contributed by atoms with Crippen molar-refractivity contribution >= 4 is 0 Å². The standard InChI is InChI=1S/C22H37NO3/c1-16(2)19(18-10-12-26-22(3,4)14-18)9-11-23-15-17-7-8-20(24-5)21(13-17)25-6/h7-8,13,16,18-19,23H,9-12,14-15H2,1-6H3/t18-,19-/m0/s1. The van der Waals surface area contributed by atoms with E-state index in [1.807, 2.05) is 12.1 Å². The lowest BCUT2D eigenvalue weighted by Gasteiger charge is -2.40. The Morgan fingerprint density at radius 1 is 1.19 bits per heavy atom. The molecule has 26 heavy (non-hydrogen) atoms. The first-order valence-electron chi connectivity index (χ1n) is 9.92. The van der Waals surface area contributed by atoms with Gasteiger partial charge in [0.05, 0.1) is 19.8 Å². The highest BCUT2D eigenvalue weighted by atomic mass is 16.5. The minimum absolute atomic E-state index is 0.0309. The average Bonchev–Trinajstić information content (AvgIpc) is 2.60. The fourth-order valence-electron chi connectivity index (χ4n) is 4.25. The van der Waals surface area contributed by atoms with Crippen molar-refractivity contribution in [2.24, 2.45) is 17.8 Å². The van der Waals surface area contributed by atoms with Crippen molar-refractivity contribution in [1.29, 1.82) is 0 Å². The monoisotopic (exact) mass is 363 g/mol. The molecule has 2 rings (SSSR count). The SMILES string of the molecule is COc1ccc(CNCC[C@@H](C(C)C)[C@H]2CCOC(C)(C)C2)cc1OC. The van der Waals surface area contributed by atoms with Gasteiger partial charge < -0.3 is 19.5 Å². The predicted octanol–water partition coefficient (Wildman–Crippen LogP) is 4.66. The molecular weight excluding hydrogens is 326 g/mol. The Morgan fingerprint density at radius 2 is 1.92 bits per heavy atom. The molecule has 4 nitrogen and oxygen atoms in total. The van der Waals surface area contributed by atoms with Crippen LogP contribution in [0.25, 0.3) is 0 Å². The highest BCUT2D eigenvalue weighted by Crippen LogP contribution is 2.37. The third-order valence-corrected chi connectivity index (χ3v) is 5.63. The Labute approximate surface area is 159 Å². The Kier molecular flexibility index (Phi) is 7.78. The highest BCUT2D eigenvalue weighted by molar-refractivity contribution is 5.42. The molecule has 1 fully saturated rings. The molecule has 1 aliphatic heterocycles. The summed E-state index contributed by atoms with van der Waals surface area (Å²) in [5.74, 6) is 3.78. The zero-order valence-corrected chi connectivity index (χ0v) is 17.4. The topological polar surface area (TPSA) is 39.7 Å². The molecule has 0 radical (unpaired) electrons. The van der Waals surface area contributed by atoms with Crippen LogP contribution in [0.15, 0.2) is 18.2 Å². The van der Waals surface area contributed by atoms with Crippen LogP contribution >= 0.6 is 0 Å². The third kappa shape index (κ3) is 5.88. The van der Waals surface area contributed by atoms with Crippen molar-refractivity contribution in [1.82, 2.24) is 5.32 Å². The van der Waals surface area contributed by atoms with Gasteiger partial charge in [0.15, 0.2) is 11.5 Å². The summed E-state index contributed by atoms with van der Waals surface area (Å²) in [5, 5.41) is 3.61. The molecule has 148 valence electrons. The van der Waals surface area contributed by atoms with Gasteiger partial charge in [0, 0.05) is 13.2 Å². The van der Waals surface area contributed by atoms with Gasteiger partial charge in [-0.05, 0) is 75.1 Å². The van der Waals surface area contributed by atoms with E-state index in [0.29, 0.717) is 5.92 Å². The molecule has 0 aliphatic carbocycles. The second kappa shape index (κ2) is 9.61. The summed E-state index contributed by atoms with van der Waals surface area (Å²) >= 11 is 0. The Balaban J connectivity index is 1.85. The normalized spacial score (nSPS) is 20.8. The Morgan fingerprint density at radius 3 is 2.54 bits per heavy atom. The maximum absolute atomic E-state index is 5.91. The first kappa shape index (κ1) is 21.0. The molecule has 1 heterocycles. The third-order valence-electron chi connectivity index (χ3n) is 5.63. The molecular formula is C22H37NO3. The number of nitrogens with one attached hydrogen (secondary N) is 1. The van der Waals surface area contributed by atoms with Crippen LogP contribution in [0.1, 0.15) is 52.5 Å². The Hall–Kier alpha value is -1.26. The van der Waals surface area contributed by atoms with E-state index >= 15 is 0 Å². The lowest BCUT2D eigenvalue weighted by atomic mass is 9.73. The first-order valence-corrected chi connectivity index (χ1v) is 9.92. The van der Waals surface area contributed by atoms with E-state index in [4.69, 9.17) is 14.2 Å². The molecule has 0 saturated carbocycles. The molecule has 0 unspecified atom stereocenters. The van der Waals surface area contributed by atoms with Gasteiger partial charge in [-0.2, -0.15) is 0 Å². The number of ether oxygens (including phenoxy) is 3. The van der Waals surface area contributed by atoms with E-state index in [-0.39, 0.29) is 5.60 Å². The summed E-state index contributed by atoms with van der Waals surface area (Å²) < 4.78 is 16.6. The molecule has 1 aliphatic rings. The quantitative estimate of drug-likeness (QED) is 0.648. The first-order chi connectivity index (χ1) is 12.4. The molecule has 0 spiro atoms. The van der Waals surface area contributed by atoms with E-state index in [1.54, 1.807) is 14.2 Å². The minimum atomic E-state index is 0.0309. The molecule has 2 atom stereocenters. The highest BCUT2D eigenvalue weighted by Gasteiger charge is 2.34. The van der Waals surface area contributed by atoms with Crippen molar-refractivity contribution in [3.8, 4) is 11.5 Å². The second-order valence-electron chi connectivity index (χ2n) is 8.42. The van der Waals surface area contributed by atoms with Crippen LogP contribution in [0.5, 0.6) is 11.5 Å². The van der Waals surface area contributed by atoms with Crippen LogP contribution in [0, 0.1) is 17.8 Å². The van der Waals surface area contributed by atoms with Gasteiger partial charge in [-0.1, -0.05) is 19.9 Å².